The van der Waals surface area contributed by atoms with E-state index in [1.54, 1.807) is 24.3 Å². The summed E-state index contributed by atoms with van der Waals surface area (Å²) in [6.07, 6.45) is 0. The number of carbonyl (C=O) groups is 2. The molecular weight excluding hydrogens is 461 g/mol. The Hall–Kier alpha value is -3.07. The summed E-state index contributed by atoms with van der Waals surface area (Å²) < 4.78 is 27.5. The van der Waals surface area contributed by atoms with E-state index in [0.717, 1.165) is 0 Å². The Morgan fingerprint density at radius 2 is 1.52 bits per heavy atom. The molecule has 3 aromatic rings. The first kappa shape index (κ1) is 22.6. The molecule has 0 saturated carbocycles. The summed E-state index contributed by atoms with van der Waals surface area (Å²) in [6.45, 7) is -0.243. The van der Waals surface area contributed by atoms with Crippen LogP contribution in [0.25, 0.3) is 0 Å². The third-order valence-electron chi connectivity index (χ3n) is 4.05. The van der Waals surface area contributed by atoms with Crippen LogP contribution >= 0.6 is 23.2 Å². The van der Waals surface area contributed by atoms with Crippen LogP contribution in [-0.4, -0.2) is 26.8 Å². The molecule has 0 heterocycles. The van der Waals surface area contributed by atoms with Gasteiger partial charge in [0.2, 0.25) is 5.91 Å². The molecule has 3 aromatic carbocycles. The van der Waals surface area contributed by atoms with E-state index in [2.05, 4.69) is 15.4 Å². The van der Waals surface area contributed by atoms with E-state index in [1.165, 1.54) is 42.5 Å². The number of hydrogen-bond acceptors (Lipinski definition) is 4. The highest BCUT2D eigenvalue weighted by Crippen LogP contribution is 2.26. The number of sulfonamides is 1. The lowest BCUT2D eigenvalue weighted by Crippen LogP contribution is -2.32. The van der Waals surface area contributed by atoms with Gasteiger partial charge in [0.05, 0.1) is 21.5 Å². The molecule has 0 atom stereocenters. The average molecular weight is 478 g/mol. The van der Waals surface area contributed by atoms with Gasteiger partial charge < -0.3 is 10.6 Å². The van der Waals surface area contributed by atoms with Gasteiger partial charge in [0.1, 0.15) is 0 Å². The van der Waals surface area contributed by atoms with Gasteiger partial charge in [-0.3, -0.25) is 14.3 Å². The molecule has 3 N–H and O–H groups in total. The van der Waals surface area contributed by atoms with Crippen LogP contribution in [0.1, 0.15) is 10.4 Å². The quantitative estimate of drug-likeness (QED) is 0.474. The average Bonchev–Trinajstić information content (AvgIpc) is 2.74. The van der Waals surface area contributed by atoms with Crippen molar-refractivity contribution in [2.45, 2.75) is 4.90 Å². The van der Waals surface area contributed by atoms with Crippen LogP contribution < -0.4 is 15.4 Å². The Bertz CT molecular complexity index is 1220. The van der Waals surface area contributed by atoms with Crippen molar-refractivity contribution < 1.29 is 18.0 Å². The monoisotopic (exact) mass is 477 g/mol. The van der Waals surface area contributed by atoms with Crippen LogP contribution in [0.4, 0.5) is 11.4 Å². The fourth-order valence-corrected chi connectivity index (χ4v) is 4.01. The number of rotatable bonds is 7. The maximum Gasteiger partial charge on any atom is 0.261 e. The normalized spacial score (nSPS) is 10.9. The maximum atomic E-state index is 12.6. The number of para-hydroxylation sites is 1. The van der Waals surface area contributed by atoms with E-state index in [0.29, 0.717) is 5.69 Å². The van der Waals surface area contributed by atoms with Gasteiger partial charge in [0.15, 0.2) is 0 Å². The second-order valence-electron chi connectivity index (χ2n) is 6.36. The van der Waals surface area contributed by atoms with E-state index >= 15 is 0 Å². The number of carbonyl (C=O) groups excluding carboxylic acids is 2. The maximum absolute atomic E-state index is 12.6. The number of benzene rings is 3. The van der Waals surface area contributed by atoms with Gasteiger partial charge >= 0.3 is 0 Å². The molecule has 10 heteroatoms. The predicted octanol–water partition coefficient (Wildman–Crippen LogP) is 4.16. The summed E-state index contributed by atoms with van der Waals surface area (Å²) in [5.41, 5.74) is 0.967. The molecule has 2 amide bonds. The number of halogens is 2. The first-order chi connectivity index (χ1) is 14.7. The minimum absolute atomic E-state index is 0.0747. The highest BCUT2D eigenvalue weighted by molar-refractivity contribution is 7.92. The molecule has 0 unspecified atom stereocenters. The smallest absolute Gasteiger partial charge is 0.261 e. The largest absolute Gasteiger partial charge is 0.343 e. The van der Waals surface area contributed by atoms with Gasteiger partial charge in [-0.25, -0.2) is 8.42 Å². The van der Waals surface area contributed by atoms with E-state index in [-0.39, 0.29) is 32.7 Å². The number of amides is 2. The summed E-state index contributed by atoms with van der Waals surface area (Å²) in [4.78, 5) is 24.3. The number of hydrogen-bond donors (Lipinski definition) is 3. The summed E-state index contributed by atoms with van der Waals surface area (Å²) in [7, 11) is -3.94. The van der Waals surface area contributed by atoms with Gasteiger partial charge in [0.25, 0.3) is 15.9 Å². The fourth-order valence-electron chi connectivity index (χ4n) is 2.57. The van der Waals surface area contributed by atoms with Crippen molar-refractivity contribution in [2.24, 2.45) is 0 Å². The van der Waals surface area contributed by atoms with Crippen molar-refractivity contribution in [3.05, 3.63) is 88.4 Å². The number of anilines is 2. The highest BCUT2D eigenvalue weighted by atomic mass is 35.5. The first-order valence-electron chi connectivity index (χ1n) is 8.95. The second-order valence-corrected chi connectivity index (χ2v) is 8.86. The Morgan fingerprint density at radius 1 is 0.806 bits per heavy atom. The molecule has 0 bridgehead atoms. The highest BCUT2D eigenvalue weighted by Gasteiger charge is 2.17. The van der Waals surface area contributed by atoms with Gasteiger partial charge in [-0.1, -0.05) is 47.5 Å². The summed E-state index contributed by atoms with van der Waals surface area (Å²) >= 11 is 11.7. The minimum Gasteiger partial charge on any atom is -0.343 e. The summed E-state index contributed by atoms with van der Waals surface area (Å²) in [6, 6.07) is 18.6. The Morgan fingerprint density at radius 3 is 2.23 bits per heavy atom. The van der Waals surface area contributed by atoms with Gasteiger partial charge in [-0.05, 0) is 48.5 Å². The van der Waals surface area contributed by atoms with Crippen LogP contribution in [0.2, 0.25) is 10.0 Å². The molecule has 0 aliphatic carbocycles. The molecule has 0 saturated heterocycles. The van der Waals surface area contributed by atoms with E-state index in [9.17, 15) is 18.0 Å². The van der Waals surface area contributed by atoms with E-state index in [4.69, 9.17) is 23.2 Å². The molecular formula is C21H17Cl2N3O4S. The van der Waals surface area contributed by atoms with Crippen molar-refractivity contribution in [1.82, 2.24) is 5.32 Å². The summed E-state index contributed by atoms with van der Waals surface area (Å²) in [5.74, 6) is -0.921. The third kappa shape index (κ3) is 6.21. The van der Waals surface area contributed by atoms with Crippen LogP contribution in [0, 0.1) is 0 Å². The van der Waals surface area contributed by atoms with Crippen molar-refractivity contribution in [3.8, 4) is 0 Å². The molecule has 0 radical (unpaired) electrons. The molecule has 0 aliphatic heterocycles. The Kier molecular flexibility index (Phi) is 7.17. The molecule has 160 valence electrons. The van der Waals surface area contributed by atoms with Gasteiger partial charge in [-0.15, -0.1) is 0 Å². The lowest BCUT2D eigenvalue weighted by Gasteiger charge is -2.11. The zero-order valence-electron chi connectivity index (χ0n) is 15.9. The Labute approximate surface area is 189 Å². The van der Waals surface area contributed by atoms with E-state index < -0.39 is 21.8 Å². The Balaban J connectivity index is 1.64. The number of nitrogens with one attached hydrogen (secondary N) is 3. The van der Waals surface area contributed by atoms with E-state index in [1.807, 2.05) is 6.07 Å². The minimum atomic E-state index is -3.94. The van der Waals surface area contributed by atoms with Crippen LogP contribution in [0.5, 0.6) is 0 Å². The molecule has 7 nitrogen and oxygen atoms in total. The van der Waals surface area contributed by atoms with Crippen molar-refractivity contribution in [2.75, 3.05) is 16.6 Å². The zero-order valence-corrected chi connectivity index (χ0v) is 18.3. The molecule has 31 heavy (non-hydrogen) atoms. The van der Waals surface area contributed by atoms with Crippen molar-refractivity contribution in [3.63, 3.8) is 0 Å². The molecule has 0 fully saturated rings. The summed E-state index contributed by atoms with van der Waals surface area (Å²) in [5, 5.41) is 5.48. The van der Waals surface area contributed by atoms with Crippen molar-refractivity contribution >= 4 is 56.4 Å². The molecule has 3 rings (SSSR count). The van der Waals surface area contributed by atoms with Crippen LogP contribution in [0.3, 0.4) is 0 Å². The third-order valence-corrected chi connectivity index (χ3v) is 6.16. The van der Waals surface area contributed by atoms with Crippen LogP contribution in [-0.2, 0) is 14.8 Å². The van der Waals surface area contributed by atoms with Crippen LogP contribution in [0.15, 0.2) is 77.7 Å². The molecule has 0 spiro atoms. The second kappa shape index (κ2) is 9.82. The van der Waals surface area contributed by atoms with Gasteiger partial charge in [-0.2, -0.15) is 0 Å². The predicted molar refractivity (Wildman–Crippen MR) is 121 cm³/mol. The molecule has 0 aromatic heterocycles. The first-order valence-corrected chi connectivity index (χ1v) is 11.2. The zero-order chi connectivity index (χ0) is 22.4. The molecule has 0 aliphatic rings. The lowest BCUT2D eigenvalue weighted by molar-refractivity contribution is -0.115. The fraction of sp³-hybridized carbons (Fsp3) is 0.0476. The lowest BCUT2D eigenvalue weighted by atomic mass is 10.2. The van der Waals surface area contributed by atoms with Crippen molar-refractivity contribution in [1.29, 1.82) is 0 Å². The topological polar surface area (TPSA) is 104 Å². The standard InChI is InChI=1S/C21H17Cl2N3O4S/c22-18-10-9-17(12-19(18)23)31(29,30)26-16-8-4-5-14(11-16)21(28)24-13-20(27)25-15-6-2-1-3-7-15/h1-12,26H,13H2,(H,24,28)(H,25,27). The van der Waals surface area contributed by atoms with Gasteiger partial charge in [0, 0.05) is 16.9 Å². The SMILES string of the molecule is O=C(CNC(=O)c1cccc(NS(=O)(=O)c2ccc(Cl)c(Cl)c2)c1)Nc1ccccc1.